The van der Waals surface area contributed by atoms with Crippen LogP contribution in [-0.4, -0.2) is 46.3 Å². The summed E-state index contributed by atoms with van der Waals surface area (Å²) in [7, 11) is 0. The first-order chi connectivity index (χ1) is 12.6. The third-order valence-corrected chi connectivity index (χ3v) is 5.43. The summed E-state index contributed by atoms with van der Waals surface area (Å²) in [5, 5.41) is 2.88. The smallest absolute Gasteiger partial charge is 0.325 e. The van der Waals surface area contributed by atoms with E-state index in [-0.39, 0.29) is 17.8 Å². The Morgan fingerprint density at radius 2 is 1.88 bits per heavy atom. The van der Waals surface area contributed by atoms with Crippen LogP contribution in [0.15, 0.2) is 30.3 Å². The molecule has 2 fully saturated rings. The second-order valence-corrected chi connectivity index (χ2v) is 7.17. The van der Waals surface area contributed by atoms with Gasteiger partial charge in [-0.3, -0.25) is 14.5 Å². The first kappa shape index (κ1) is 18.4. The molecule has 1 saturated carbocycles. The standard InChI is InChI=1S/C20H27N3O3/c1-2-22(15-16-9-4-3-5-10-16)17(24)11-8-14-23-18(25)20(21-19(23)26)12-6-7-13-20/h3-5,9-10H,2,6-8,11-15H2,1H3,(H,21,26). The van der Waals surface area contributed by atoms with Crippen LogP contribution >= 0.6 is 0 Å². The number of hydrogen-bond donors (Lipinski definition) is 1. The van der Waals surface area contributed by atoms with E-state index in [2.05, 4.69) is 5.32 Å². The maximum absolute atomic E-state index is 12.6. The average Bonchev–Trinajstić information content (AvgIpc) is 3.21. The molecule has 1 spiro atoms. The van der Waals surface area contributed by atoms with Crippen LogP contribution in [-0.2, 0) is 16.1 Å². The van der Waals surface area contributed by atoms with Crippen LogP contribution in [0.3, 0.4) is 0 Å². The van der Waals surface area contributed by atoms with Crippen molar-refractivity contribution in [3.8, 4) is 0 Å². The maximum atomic E-state index is 12.6. The number of benzene rings is 1. The minimum Gasteiger partial charge on any atom is -0.339 e. The van der Waals surface area contributed by atoms with Crippen LogP contribution in [0.1, 0.15) is 51.0 Å². The van der Waals surface area contributed by atoms with Gasteiger partial charge in [0.2, 0.25) is 5.91 Å². The number of hydrogen-bond acceptors (Lipinski definition) is 3. The Labute approximate surface area is 154 Å². The quantitative estimate of drug-likeness (QED) is 0.763. The van der Waals surface area contributed by atoms with E-state index in [0.717, 1.165) is 31.2 Å². The highest BCUT2D eigenvalue weighted by Gasteiger charge is 2.52. The van der Waals surface area contributed by atoms with E-state index in [1.807, 2.05) is 37.3 Å². The molecule has 0 unspecified atom stereocenters. The summed E-state index contributed by atoms with van der Waals surface area (Å²) in [6.07, 6.45) is 4.25. The van der Waals surface area contributed by atoms with Gasteiger partial charge in [-0.15, -0.1) is 0 Å². The summed E-state index contributed by atoms with van der Waals surface area (Å²) in [5.41, 5.74) is 0.434. The highest BCUT2D eigenvalue weighted by molar-refractivity contribution is 6.07. The van der Waals surface area contributed by atoms with E-state index in [4.69, 9.17) is 0 Å². The van der Waals surface area contributed by atoms with Crippen molar-refractivity contribution in [1.29, 1.82) is 0 Å². The van der Waals surface area contributed by atoms with Crippen molar-refractivity contribution in [3.05, 3.63) is 35.9 Å². The van der Waals surface area contributed by atoms with Gasteiger partial charge in [0.15, 0.2) is 0 Å². The average molecular weight is 357 g/mol. The number of urea groups is 1. The SMILES string of the molecule is CCN(Cc1ccccc1)C(=O)CCCN1C(=O)NC2(CCCC2)C1=O. The monoisotopic (exact) mass is 357 g/mol. The lowest BCUT2D eigenvalue weighted by Crippen LogP contribution is -2.44. The predicted octanol–water partition coefficient (Wildman–Crippen LogP) is 2.68. The molecule has 1 N–H and O–H groups in total. The number of carbonyl (C=O) groups is 3. The second kappa shape index (κ2) is 7.89. The fraction of sp³-hybridized carbons (Fsp3) is 0.550. The van der Waals surface area contributed by atoms with Crippen LogP contribution in [0.25, 0.3) is 0 Å². The van der Waals surface area contributed by atoms with Crippen molar-refractivity contribution in [1.82, 2.24) is 15.1 Å². The van der Waals surface area contributed by atoms with E-state index in [9.17, 15) is 14.4 Å². The van der Waals surface area contributed by atoms with Crippen LogP contribution in [0.2, 0.25) is 0 Å². The zero-order chi connectivity index (χ0) is 18.6. The van der Waals surface area contributed by atoms with Crippen molar-refractivity contribution in [2.24, 2.45) is 0 Å². The lowest BCUT2D eigenvalue weighted by atomic mass is 9.98. The topological polar surface area (TPSA) is 69.7 Å². The largest absolute Gasteiger partial charge is 0.339 e. The molecule has 1 heterocycles. The molecule has 1 aliphatic heterocycles. The van der Waals surface area contributed by atoms with Crippen molar-refractivity contribution >= 4 is 17.8 Å². The molecule has 2 aliphatic rings. The minimum absolute atomic E-state index is 0.0546. The zero-order valence-electron chi connectivity index (χ0n) is 15.4. The number of nitrogens with one attached hydrogen (secondary N) is 1. The Balaban J connectivity index is 1.50. The molecule has 0 bridgehead atoms. The highest BCUT2D eigenvalue weighted by atomic mass is 16.2. The van der Waals surface area contributed by atoms with Crippen LogP contribution in [0.4, 0.5) is 4.79 Å². The number of amides is 4. The Hall–Kier alpha value is -2.37. The Morgan fingerprint density at radius 1 is 1.19 bits per heavy atom. The summed E-state index contributed by atoms with van der Waals surface area (Å²) in [4.78, 5) is 40.3. The highest BCUT2D eigenvalue weighted by Crippen LogP contribution is 2.35. The molecule has 1 aliphatic carbocycles. The lowest BCUT2D eigenvalue weighted by molar-refractivity contribution is -0.133. The van der Waals surface area contributed by atoms with Crippen molar-refractivity contribution in [2.75, 3.05) is 13.1 Å². The van der Waals surface area contributed by atoms with Gasteiger partial charge in [0.05, 0.1) is 0 Å². The number of nitrogens with zero attached hydrogens (tertiary/aromatic N) is 2. The predicted molar refractivity (Wildman–Crippen MR) is 98.2 cm³/mol. The van der Waals surface area contributed by atoms with Gasteiger partial charge in [0.1, 0.15) is 5.54 Å². The molecule has 0 radical (unpaired) electrons. The first-order valence-corrected chi connectivity index (χ1v) is 9.51. The molecule has 6 heteroatoms. The van der Waals surface area contributed by atoms with E-state index in [1.165, 1.54) is 4.90 Å². The van der Waals surface area contributed by atoms with E-state index < -0.39 is 5.54 Å². The van der Waals surface area contributed by atoms with Gasteiger partial charge in [-0.1, -0.05) is 43.2 Å². The van der Waals surface area contributed by atoms with Crippen LogP contribution in [0.5, 0.6) is 0 Å². The summed E-state index contributed by atoms with van der Waals surface area (Å²) < 4.78 is 0. The van der Waals surface area contributed by atoms with E-state index in [0.29, 0.717) is 32.5 Å². The second-order valence-electron chi connectivity index (χ2n) is 7.17. The van der Waals surface area contributed by atoms with Crippen LogP contribution < -0.4 is 5.32 Å². The summed E-state index contributed by atoms with van der Waals surface area (Å²) in [6, 6.07) is 9.58. The Kier molecular flexibility index (Phi) is 5.59. The van der Waals surface area contributed by atoms with E-state index >= 15 is 0 Å². The maximum Gasteiger partial charge on any atom is 0.325 e. The number of imide groups is 1. The van der Waals surface area contributed by atoms with Gasteiger partial charge in [-0.25, -0.2) is 4.79 Å². The molecule has 0 atom stereocenters. The molecule has 0 aromatic heterocycles. The third kappa shape index (κ3) is 3.74. The van der Waals surface area contributed by atoms with Gasteiger partial charge >= 0.3 is 6.03 Å². The molecule has 3 rings (SSSR count). The molecular formula is C20H27N3O3. The first-order valence-electron chi connectivity index (χ1n) is 9.51. The fourth-order valence-electron chi connectivity index (χ4n) is 3.92. The molecule has 1 aromatic carbocycles. The summed E-state index contributed by atoms with van der Waals surface area (Å²) in [6.45, 7) is 3.49. The molecule has 140 valence electrons. The lowest BCUT2D eigenvalue weighted by Gasteiger charge is -2.22. The Morgan fingerprint density at radius 3 is 2.54 bits per heavy atom. The van der Waals surface area contributed by atoms with Crippen LogP contribution in [0, 0.1) is 0 Å². The van der Waals surface area contributed by atoms with Crippen molar-refractivity contribution in [3.63, 3.8) is 0 Å². The number of carbonyl (C=O) groups excluding carboxylic acids is 3. The van der Waals surface area contributed by atoms with Gasteiger partial charge in [0.25, 0.3) is 5.91 Å². The van der Waals surface area contributed by atoms with Crippen molar-refractivity contribution < 1.29 is 14.4 Å². The molecular weight excluding hydrogens is 330 g/mol. The van der Waals surface area contributed by atoms with Gasteiger partial charge in [-0.05, 0) is 31.7 Å². The normalized spacial score (nSPS) is 18.4. The molecule has 1 aromatic rings. The Bertz CT molecular complexity index is 668. The summed E-state index contributed by atoms with van der Waals surface area (Å²) >= 11 is 0. The molecule has 26 heavy (non-hydrogen) atoms. The van der Waals surface area contributed by atoms with Gasteiger partial charge < -0.3 is 10.2 Å². The zero-order valence-corrected chi connectivity index (χ0v) is 15.4. The third-order valence-electron chi connectivity index (χ3n) is 5.43. The molecule has 4 amide bonds. The summed E-state index contributed by atoms with van der Waals surface area (Å²) in [5.74, 6) is -0.0527. The van der Waals surface area contributed by atoms with Crippen molar-refractivity contribution in [2.45, 2.75) is 57.5 Å². The van der Waals surface area contributed by atoms with Gasteiger partial charge in [-0.2, -0.15) is 0 Å². The fourth-order valence-corrected chi connectivity index (χ4v) is 3.92. The minimum atomic E-state index is -0.663. The van der Waals surface area contributed by atoms with E-state index in [1.54, 1.807) is 4.90 Å². The molecule has 1 saturated heterocycles. The number of rotatable bonds is 7. The molecule has 6 nitrogen and oxygen atoms in total. The van der Waals surface area contributed by atoms with Gasteiger partial charge in [0, 0.05) is 26.1 Å².